The van der Waals surface area contributed by atoms with Gasteiger partial charge in [-0.3, -0.25) is 79.4 Å². The minimum atomic E-state index is -0.298. The molecule has 0 spiro atoms. The van der Waals surface area contributed by atoms with Gasteiger partial charge in [-0.1, -0.05) is 114 Å². The van der Waals surface area contributed by atoms with E-state index in [-0.39, 0.29) is 52.8 Å². The summed E-state index contributed by atoms with van der Waals surface area (Å²) in [6.45, 7) is 9.52. The van der Waals surface area contributed by atoms with Gasteiger partial charge in [-0.05, 0) is 179 Å². The summed E-state index contributed by atoms with van der Waals surface area (Å²) >= 11 is 0. The number of nitrogens with one attached hydrogen (secondary N) is 12. The van der Waals surface area contributed by atoms with Crippen LogP contribution in [0.25, 0.3) is 223 Å². The topological polar surface area (TPSA) is 449 Å². The van der Waals surface area contributed by atoms with Gasteiger partial charge in [0.1, 0.15) is 46.0 Å². The average molecular weight is 1970 g/mol. The minimum absolute atomic E-state index is 0.0160. The number of H-pyrrole nitrogens is 8. The highest BCUT2D eigenvalue weighted by molar-refractivity contribution is 6.05. The lowest BCUT2D eigenvalue weighted by Gasteiger charge is -2.09. The first-order chi connectivity index (χ1) is 72.2. The predicted molar refractivity (Wildman–Crippen MR) is 564 cm³/mol. The van der Waals surface area contributed by atoms with Crippen molar-refractivity contribution in [3.05, 3.63) is 317 Å². The molecule has 148 heavy (non-hydrogen) atoms. The van der Waals surface area contributed by atoms with Crippen LogP contribution in [-0.2, 0) is 19.2 Å². The Morgan fingerprint density at radius 1 is 0.270 bits per heavy atom. The second-order valence-electron chi connectivity index (χ2n) is 35.4. The lowest BCUT2D eigenvalue weighted by molar-refractivity contribution is -0.119. The van der Waals surface area contributed by atoms with Crippen molar-refractivity contribution in [2.75, 3.05) is 21.3 Å². The maximum atomic E-state index is 13.5. The molecule has 0 fully saturated rings. The van der Waals surface area contributed by atoms with Crippen molar-refractivity contribution in [2.45, 2.75) is 73.1 Å². The highest BCUT2D eigenvalue weighted by Gasteiger charge is 2.25. The standard InChI is InChI=1S/C29H24FN7O.2C28H22FN7O.C27H20FN7O/c1-2-3-4-26(38)33-21-11-19(13-31-14-21)18-7-10-24-22(12-18)28(37-36-24)29-34-25-16-32-15-23(27(25)35-29)17-5-8-20(30)9-6-17;1-15(2)28(37)32-20-9-18(11-30-12-20)17-5-8-23-21(10-17)26(36-35-23)27-33-24-14-31-13-22(25(24)34-27)16-3-6-19(29)7-4-16;1-2-3-25(37)32-20-10-18(12-30-13-20)17-6-9-23-21(11-17)27(36-35-23)28-33-24-15-31-14-22(26(24)34-28)16-4-7-19(29)8-5-16;1-2-24(36)31-19-9-17(11-29-12-19)16-5-8-22-20(10-16)26(35-34-22)27-32-23-14-30-13-21(25(23)33-27)15-3-6-18(28)7-4-15/h5-16H,2-4H2,1H3,(H,33,38)(H,34,35)(H,36,37);3-15H,1-2H3,(H,32,37)(H,33,34)(H,35,36);4-15H,2-3H2,1H3,(H,32,37)(H,33,34)(H,35,36);3-14H,2H2,1H3,(H,31,36)(H,32,33)(H,34,35). The summed E-state index contributed by atoms with van der Waals surface area (Å²) < 4.78 is 53.8. The van der Waals surface area contributed by atoms with Crippen LogP contribution in [0.3, 0.4) is 0 Å². The third-order valence-electron chi connectivity index (χ3n) is 24.8. The van der Waals surface area contributed by atoms with Crippen molar-refractivity contribution in [3.8, 4) is 135 Å². The highest BCUT2D eigenvalue weighted by atomic mass is 19.1. The molecule has 0 bridgehead atoms. The van der Waals surface area contributed by atoms with Crippen LogP contribution in [0.4, 0.5) is 40.3 Å². The number of benzene rings is 8. The zero-order chi connectivity index (χ0) is 102. The van der Waals surface area contributed by atoms with Crippen molar-refractivity contribution in [1.82, 2.24) is 121 Å². The Labute approximate surface area is 838 Å². The quantitative estimate of drug-likeness (QED) is 0.0265. The van der Waals surface area contributed by atoms with Crippen LogP contribution in [0.5, 0.6) is 0 Å². The number of hydrogen-bond donors (Lipinski definition) is 12. The Hall–Kier alpha value is -19.7. The Bertz CT molecular complexity index is 9120. The van der Waals surface area contributed by atoms with Crippen molar-refractivity contribution in [3.63, 3.8) is 0 Å². The number of unbranched alkanes of at least 4 members (excludes halogenated alkanes) is 1. The molecular weight excluding hydrogens is 1880 g/mol. The van der Waals surface area contributed by atoms with E-state index in [2.05, 4.69) is 129 Å². The van der Waals surface area contributed by atoms with Gasteiger partial charge in [-0.15, -0.1) is 0 Å². The molecule has 0 unspecified atom stereocenters. The molecule has 24 aromatic rings. The lowest BCUT2D eigenvalue weighted by Crippen LogP contribution is -2.17. The molecule has 16 aromatic heterocycles. The fraction of sp³-hybridized carbons (Fsp3) is 0.107. The van der Waals surface area contributed by atoms with Crippen LogP contribution in [0, 0.1) is 29.2 Å². The fourth-order valence-corrected chi connectivity index (χ4v) is 17.3. The number of amides is 4. The Morgan fingerprint density at radius 2 is 0.527 bits per heavy atom. The van der Waals surface area contributed by atoms with E-state index in [1.165, 1.54) is 48.5 Å². The summed E-state index contributed by atoms with van der Waals surface area (Å²) in [6, 6.07) is 56.5. The van der Waals surface area contributed by atoms with E-state index in [0.29, 0.717) is 88.1 Å². The molecule has 0 saturated carbocycles. The zero-order valence-electron chi connectivity index (χ0n) is 79.8. The van der Waals surface area contributed by atoms with Gasteiger partial charge >= 0.3 is 0 Å². The molecule has 32 nitrogen and oxygen atoms in total. The first-order valence-corrected chi connectivity index (χ1v) is 47.6. The third-order valence-corrected chi connectivity index (χ3v) is 24.8. The van der Waals surface area contributed by atoms with Crippen molar-refractivity contribution in [2.24, 2.45) is 5.92 Å². The second-order valence-corrected chi connectivity index (χ2v) is 35.4. The normalized spacial score (nSPS) is 11.3. The Kier molecular flexibility index (Phi) is 26.5. The molecule has 4 amide bonds. The molecule has 0 saturated heterocycles. The Balaban J connectivity index is 0.000000116. The van der Waals surface area contributed by atoms with Crippen molar-refractivity contribution in [1.29, 1.82) is 0 Å². The van der Waals surface area contributed by atoms with Crippen LogP contribution in [0.2, 0.25) is 0 Å². The molecule has 24 rings (SSSR count). The van der Waals surface area contributed by atoms with E-state index in [1.54, 1.807) is 155 Å². The third kappa shape index (κ3) is 20.2. The van der Waals surface area contributed by atoms with Crippen LogP contribution < -0.4 is 21.3 Å². The van der Waals surface area contributed by atoms with Crippen LogP contribution in [-0.4, -0.2) is 144 Å². The molecule has 8 aromatic carbocycles. The monoisotopic (exact) mass is 1960 g/mol. The van der Waals surface area contributed by atoms with Gasteiger partial charge in [0.25, 0.3) is 0 Å². The first-order valence-electron chi connectivity index (χ1n) is 47.6. The van der Waals surface area contributed by atoms with E-state index in [1.807, 2.05) is 118 Å². The Morgan fingerprint density at radius 3 is 0.791 bits per heavy atom. The van der Waals surface area contributed by atoms with Crippen molar-refractivity contribution < 1.29 is 36.7 Å². The van der Waals surface area contributed by atoms with Gasteiger partial charge in [-0.2, -0.15) is 20.4 Å². The van der Waals surface area contributed by atoms with E-state index < -0.39 is 0 Å². The van der Waals surface area contributed by atoms with Crippen LogP contribution in [0.1, 0.15) is 73.1 Å². The number of fused-ring (bicyclic) bond motifs is 8. The molecule has 36 heteroatoms. The molecular formula is C112H88F4N28O4. The minimum Gasteiger partial charge on any atom is -0.335 e. The number of nitrogens with zero attached hydrogens (tertiary/aromatic N) is 16. The molecule has 12 N–H and O–H groups in total. The van der Waals surface area contributed by atoms with E-state index in [4.69, 9.17) is 19.9 Å². The van der Waals surface area contributed by atoms with E-state index >= 15 is 0 Å². The molecule has 0 aliphatic heterocycles. The molecule has 0 aliphatic rings. The predicted octanol–water partition coefficient (Wildman–Crippen LogP) is 24.3. The van der Waals surface area contributed by atoms with Crippen LogP contribution >= 0.6 is 0 Å². The average Bonchev–Trinajstić information content (AvgIpc) is 1.62. The molecule has 0 aliphatic carbocycles. The zero-order valence-corrected chi connectivity index (χ0v) is 79.8. The maximum Gasteiger partial charge on any atom is 0.226 e. The van der Waals surface area contributed by atoms with E-state index in [0.717, 1.165) is 196 Å². The van der Waals surface area contributed by atoms with Gasteiger partial charge < -0.3 is 41.2 Å². The fourth-order valence-electron chi connectivity index (χ4n) is 17.3. The highest BCUT2D eigenvalue weighted by Crippen LogP contribution is 2.41. The summed E-state index contributed by atoms with van der Waals surface area (Å²) in [7, 11) is 0. The largest absolute Gasteiger partial charge is 0.335 e. The number of aromatic nitrogens is 24. The number of aromatic amines is 8. The van der Waals surface area contributed by atoms with E-state index in [9.17, 15) is 36.7 Å². The smallest absolute Gasteiger partial charge is 0.226 e. The summed E-state index contributed by atoms with van der Waals surface area (Å²) in [5, 5.41) is 45.5. The van der Waals surface area contributed by atoms with Gasteiger partial charge in [0.2, 0.25) is 23.6 Å². The number of anilines is 4. The van der Waals surface area contributed by atoms with Gasteiger partial charge in [0.05, 0.1) is 139 Å². The van der Waals surface area contributed by atoms with Gasteiger partial charge in [0.15, 0.2) is 23.3 Å². The maximum absolute atomic E-state index is 13.5. The number of carbonyl (C=O) groups is 4. The number of halogens is 4. The second kappa shape index (κ2) is 41.5. The van der Waals surface area contributed by atoms with Gasteiger partial charge in [-0.25, -0.2) is 37.5 Å². The summed E-state index contributed by atoms with van der Waals surface area (Å²) in [4.78, 5) is 115. The lowest BCUT2D eigenvalue weighted by atomic mass is 10.0. The summed E-state index contributed by atoms with van der Waals surface area (Å²) in [6.07, 6.45) is 31.3. The first kappa shape index (κ1) is 94.6. The number of pyridine rings is 8. The summed E-state index contributed by atoms with van der Waals surface area (Å²) in [5.74, 6) is 0.863. The number of carbonyl (C=O) groups excluding carboxylic acids is 4. The molecule has 0 atom stereocenters. The van der Waals surface area contributed by atoms with Gasteiger partial charge in [0, 0.05) is 141 Å². The van der Waals surface area contributed by atoms with Crippen molar-refractivity contribution >= 4 is 134 Å². The molecule has 0 radical (unpaired) electrons. The molecule has 16 heterocycles. The molecule has 728 valence electrons. The summed E-state index contributed by atoms with van der Waals surface area (Å²) in [5.41, 5.74) is 28.3. The number of rotatable bonds is 23. The number of imidazole rings is 4. The van der Waals surface area contributed by atoms with Crippen LogP contribution in [0.15, 0.2) is 293 Å². The SMILES string of the molecule is CC(C)C(=O)Nc1cncc(-c2ccc3[nH]nc(-c4nc5c(-c6ccc(F)cc6)cncc5[nH]4)c3c2)c1.CCC(=O)Nc1cncc(-c2ccc3[nH]nc(-c4nc5c(-c6ccc(F)cc6)cncc5[nH]4)c3c2)c1.CCCC(=O)Nc1cncc(-c2ccc3[nH]nc(-c4nc5c(-c6ccc(F)cc6)cncc5[nH]4)c3c2)c1.CCCCC(=O)Nc1cncc(-c2ccc3[nH]nc(-c4nc5c(-c6ccc(F)cc6)cncc5[nH]4)c3c2)c1. The number of hydrogen-bond acceptors (Lipinski definition) is 20.